The van der Waals surface area contributed by atoms with Crippen LogP contribution in [0.3, 0.4) is 0 Å². The van der Waals surface area contributed by atoms with Crippen LogP contribution in [0.2, 0.25) is 0 Å². The third-order valence-corrected chi connectivity index (χ3v) is 9.24. The lowest BCUT2D eigenvalue weighted by Crippen LogP contribution is -2.16. The van der Waals surface area contributed by atoms with Crippen molar-refractivity contribution < 1.29 is 25.2 Å². The molecule has 6 nitrogen and oxygen atoms in total. The molecule has 0 aliphatic carbocycles. The minimum atomic E-state index is -4.31. The molecule has 0 saturated heterocycles. The number of rotatable bonds is 20. The van der Waals surface area contributed by atoms with Crippen molar-refractivity contribution >= 4 is 31.0 Å². The van der Waals surface area contributed by atoms with Gasteiger partial charge in [-0.05, 0) is 24.3 Å². The van der Waals surface area contributed by atoms with Gasteiger partial charge in [0.05, 0.1) is 13.2 Å². The fraction of sp³-hybridized carbons (Fsp3) is 0.643. The average molecular weight is 541 g/mol. The first-order chi connectivity index (χ1) is 17.3. The van der Waals surface area contributed by atoms with Crippen LogP contribution in [0.25, 0.3) is 10.8 Å². The molecule has 0 aliphatic rings. The van der Waals surface area contributed by atoms with Crippen LogP contribution in [0.15, 0.2) is 46.2 Å². The number of hydrogen-bond acceptors (Lipinski definition) is 6. The number of benzene rings is 2. The van der Waals surface area contributed by atoms with Crippen molar-refractivity contribution in [2.24, 2.45) is 0 Å². The quantitative estimate of drug-likeness (QED) is 0.126. The molecular weight excluding hydrogens is 496 g/mol. The normalized spacial score (nSPS) is 12.4. The monoisotopic (exact) mass is 540 g/mol. The van der Waals surface area contributed by atoms with E-state index in [-0.39, 0.29) is 23.0 Å². The Labute approximate surface area is 219 Å². The summed E-state index contributed by atoms with van der Waals surface area (Å²) in [6.45, 7) is 4.39. The minimum absolute atomic E-state index is 0.0255. The van der Waals surface area contributed by atoms with E-state index < -0.39 is 20.2 Å². The standard InChI is InChI=1S/C28H44O6S2/c1-3-5-7-9-11-13-17-23-33-35(29,30)27-22-21-25-19-15-16-20-26(25)28(27)36(31,32)34-24-18-14-12-10-8-6-4-2/h15-16,19-22H,3-14,17-18,23-24H2,1-2H3. The van der Waals surface area contributed by atoms with E-state index in [0.717, 1.165) is 38.5 Å². The highest BCUT2D eigenvalue weighted by Crippen LogP contribution is 2.32. The third-order valence-electron chi connectivity index (χ3n) is 6.34. The highest BCUT2D eigenvalue weighted by atomic mass is 32.2. The highest BCUT2D eigenvalue weighted by molar-refractivity contribution is 7.90. The molecule has 8 heteroatoms. The summed E-state index contributed by atoms with van der Waals surface area (Å²) >= 11 is 0. The fourth-order valence-corrected chi connectivity index (χ4v) is 7.13. The number of unbranched alkanes of at least 4 members (excludes halogenated alkanes) is 12. The van der Waals surface area contributed by atoms with E-state index in [1.54, 1.807) is 30.3 Å². The van der Waals surface area contributed by atoms with Crippen LogP contribution < -0.4 is 0 Å². The highest BCUT2D eigenvalue weighted by Gasteiger charge is 2.30. The molecule has 0 radical (unpaired) electrons. The summed E-state index contributed by atoms with van der Waals surface area (Å²) in [6.07, 6.45) is 14.4. The zero-order valence-corrected chi connectivity index (χ0v) is 23.7. The Kier molecular flexibility index (Phi) is 14.0. The van der Waals surface area contributed by atoms with Crippen LogP contribution in [0.1, 0.15) is 104 Å². The predicted octanol–water partition coefficient (Wildman–Crippen LogP) is 7.75. The molecule has 2 aromatic carbocycles. The lowest BCUT2D eigenvalue weighted by atomic mass is 10.1. The Morgan fingerprint density at radius 1 is 0.556 bits per heavy atom. The Hall–Kier alpha value is -1.48. The van der Waals surface area contributed by atoms with E-state index in [9.17, 15) is 16.8 Å². The molecule has 0 heterocycles. The van der Waals surface area contributed by atoms with Crippen molar-refractivity contribution in [1.29, 1.82) is 0 Å². The maximum atomic E-state index is 13.2. The molecule has 0 aliphatic heterocycles. The molecule has 0 atom stereocenters. The van der Waals surface area contributed by atoms with Crippen LogP contribution in [-0.4, -0.2) is 30.0 Å². The maximum Gasteiger partial charge on any atom is 0.299 e. The maximum absolute atomic E-state index is 13.2. The summed E-state index contributed by atoms with van der Waals surface area (Å²) in [6, 6.07) is 9.74. The largest absolute Gasteiger partial charge is 0.299 e. The lowest BCUT2D eigenvalue weighted by Gasteiger charge is -2.14. The van der Waals surface area contributed by atoms with Gasteiger partial charge in [-0.1, -0.05) is 121 Å². The summed E-state index contributed by atoms with van der Waals surface area (Å²) in [5.74, 6) is 0. The van der Waals surface area contributed by atoms with Gasteiger partial charge in [-0.3, -0.25) is 8.37 Å². The predicted molar refractivity (Wildman–Crippen MR) is 146 cm³/mol. The molecule has 0 amide bonds. The third kappa shape index (κ3) is 10.1. The second-order valence-corrected chi connectivity index (χ2v) is 12.5. The Bertz CT molecular complexity index is 1110. The SMILES string of the molecule is CCCCCCCCCOS(=O)(=O)c1ccc2ccccc2c1S(=O)(=O)OCCCCCCCCC. The number of fused-ring (bicyclic) bond motifs is 1. The minimum Gasteiger partial charge on any atom is -0.266 e. The molecule has 0 N–H and O–H groups in total. The second kappa shape index (κ2) is 16.4. The zero-order chi connectivity index (χ0) is 26.3. The summed E-state index contributed by atoms with van der Waals surface area (Å²) < 4.78 is 63.2. The summed E-state index contributed by atoms with van der Waals surface area (Å²) in [4.78, 5) is -0.688. The van der Waals surface area contributed by atoms with E-state index in [4.69, 9.17) is 8.37 Å². The van der Waals surface area contributed by atoms with Crippen LogP contribution >= 0.6 is 0 Å². The van der Waals surface area contributed by atoms with Crippen LogP contribution in [-0.2, 0) is 28.6 Å². The Morgan fingerprint density at radius 3 is 1.58 bits per heavy atom. The van der Waals surface area contributed by atoms with Gasteiger partial charge in [-0.25, -0.2) is 0 Å². The summed E-state index contributed by atoms with van der Waals surface area (Å²) in [7, 11) is -8.58. The van der Waals surface area contributed by atoms with E-state index in [2.05, 4.69) is 13.8 Å². The van der Waals surface area contributed by atoms with Gasteiger partial charge in [0, 0.05) is 5.39 Å². The first-order valence-electron chi connectivity index (χ1n) is 13.6. The number of hydrogen-bond donors (Lipinski definition) is 0. The first-order valence-corrected chi connectivity index (χ1v) is 16.5. The van der Waals surface area contributed by atoms with Gasteiger partial charge in [-0.15, -0.1) is 0 Å². The van der Waals surface area contributed by atoms with Gasteiger partial charge < -0.3 is 0 Å². The first kappa shape index (κ1) is 30.7. The van der Waals surface area contributed by atoms with Crippen LogP contribution in [0.4, 0.5) is 0 Å². The van der Waals surface area contributed by atoms with Crippen LogP contribution in [0.5, 0.6) is 0 Å². The molecule has 2 aromatic rings. The summed E-state index contributed by atoms with van der Waals surface area (Å²) in [5, 5.41) is 0.944. The van der Waals surface area contributed by atoms with Crippen molar-refractivity contribution in [3.8, 4) is 0 Å². The van der Waals surface area contributed by atoms with Crippen molar-refractivity contribution in [3.63, 3.8) is 0 Å². The molecule has 36 heavy (non-hydrogen) atoms. The molecule has 0 aromatic heterocycles. The van der Waals surface area contributed by atoms with E-state index >= 15 is 0 Å². The van der Waals surface area contributed by atoms with E-state index in [1.807, 2.05) is 0 Å². The van der Waals surface area contributed by atoms with Gasteiger partial charge >= 0.3 is 0 Å². The molecule has 0 unspecified atom stereocenters. The van der Waals surface area contributed by atoms with Gasteiger partial charge in [0.1, 0.15) is 9.79 Å². The molecule has 0 spiro atoms. The lowest BCUT2D eigenvalue weighted by molar-refractivity contribution is 0.299. The molecule has 0 saturated carbocycles. The van der Waals surface area contributed by atoms with Crippen LogP contribution in [0, 0.1) is 0 Å². The smallest absolute Gasteiger partial charge is 0.266 e. The fourth-order valence-electron chi connectivity index (χ4n) is 4.26. The summed E-state index contributed by atoms with van der Waals surface area (Å²) in [5.41, 5.74) is 0. The Morgan fingerprint density at radius 2 is 1.03 bits per heavy atom. The van der Waals surface area contributed by atoms with E-state index in [0.29, 0.717) is 23.6 Å². The van der Waals surface area contributed by atoms with Crippen molar-refractivity contribution in [1.82, 2.24) is 0 Å². The molecule has 0 bridgehead atoms. The molecular formula is C28H44O6S2. The zero-order valence-electron chi connectivity index (χ0n) is 22.0. The van der Waals surface area contributed by atoms with Gasteiger partial charge in [0.2, 0.25) is 0 Å². The van der Waals surface area contributed by atoms with Crippen molar-refractivity contribution in [3.05, 3.63) is 36.4 Å². The molecule has 2 rings (SSSR count). The molecule has 204 valence electrons. The molecule has 0 fully saturated rings. The topological polar surface area (TPSA) is 86.7 Å². The van der Waals surface area contributed by atoms with Gasteiger partial charge in [-0.2, -0.15) is 16.8 Å². The van der Waals surface area contributed by atoms with Crippen molar-refractivity contribution in [2.45, 2.75) is 114 Å². The van der Waals surface area contributed by atoms with Gasteiger partial charge in [0.15, 0.2) is 0 Å². The van der Waals surface area contributed by atoms with E-state index in [1.165, 1.54) is 44.6 Å². The second-order valence-electron chi connectivity index (χ2n) is 9.41. The average Bonchev–Trinajstić information content (AvgIpc) is 2.86. The van der Waals surface area contributed by atoms with Gasteiger partial charge in [0.25, 0.3) is 20.2 Å². The van der Waals surface area contributed by atoms with Crippen molar-refractivity contribution in [2.75, 3.05) is 13.2 Å². The Balaban J connectivity index is 2.08.